The van der Waals surface area contributed by atoms with Gasteiger partial charge < -0.3 is 19.7 Å². The van der Waals surface area contributed by atoms with E-state index in [0.29, 0.717) is 0 Å². The first-order valence-electron chi connectivity index (χ1n) is 6.45. The van der Waals surface area contributed by atoms with E-state index in [4.69, 9.17) is 27.9 Å². The average Bonchev–Trinajstić information content (AvgIpc) is 2.43. The molecule has 0 saturated carbocycles. The number of aliphatic hydroxyl groups is 2. The highest BCUT2D eigenvalue weighted by Crippen LogP contribution is 2.38. The van der Waals surface area contributed by atoms with Gasteiger partial charge in [0.1, 0.15) is 24.3 Å². The first-order chi connectivity index (χ1) is 8.23. The molecule has 4 nitrogen and oxygen atoms in total. The van der Waals surface area contributed by atoms with E-state index in [2.05, 4.69) is 0 Å². The van der Waals surface area contributed by atoms with Gasteiger partial charge in [0.25, 0.3) is 0 Å². The molecule has 1 aliphatic heterocycles. The maximum absolute atomic E-state index is 10.0. The molecule has 14 heavy (non-hydrogen) atoms. The second-order valence-corrected chi connectivity index (χ2v) is 3.78. The summed E-state index contributed by atoms with van der Waals surface area (Å²) >= 11 is 5.74. The first kappa shape index (κ1) is 5.82. The van der Waals surface area contributed by atoms with Gasteiger partial charge in [-0.05, 0) is 19.9 Å². The predicted octanol–water partition coefficient (Wildman–Crippen LogP) is 0.365. The molecule has 5 heteroatoms. The molecule has 0 radical (unpaired) electrons. The number of ether oxygens (including phenoxy) is 2. The fraction of sp³-hybridized carbons (Fsp3) is 0.778. The molecule has 1 fully saturated rings. The van der Waals surface area contributed by atoms with Crippen LogP contribution < -0.4 is 0 Å². The molecule has 1 aliphatic carbocycles. The topological polar surface area (TPSA) is 58.9 Å². The van der Waals surface area contributed by atoms with Gasteiger partial charge in [0.15, 0.2) is 5.79 Å². The third-order valence-electron chi connectivity index (χ3n) is 1.77. The number of halogens is 1. The third kappa shape index (κ3) is 1.57. The lowest BCUT2D eigenvalue weighted by molar-refractivity contribution is -0.158. The van der Waals surface area contributed by atoms with Crippen molar-refractivity contribution in [3.63, 3.8) is 0 Å². The summed E-state index contributed by atoms with van der Waals surface area (Å²) in [6, 6.07) is -1.08. The molecule has 2 aliphatic rings. The van der Waals surface area contributed by atoms with Gasteiger partial charge in [-0.15, -0.1) is 0 Å². The van der Waals surface area contributed by atoms with Crippen LogP contribution in [0.15, 0.2) is 11.1 Å². The van der Waals surface area contributed by atoms with Crippen LogP contribution in [0.2, 0.25) is 0 Å². The summed E-state index contributed by atoms with van der Waals surface area (Å²) in [5.74, 6) is -1.56. The molecular formula is C9H13ClO4. The van der Waals surface area contributed by atoms with Crippen molar-refractivity contribution in [3.05, 3.63) is 11.1 Å². The van der Waals surface area contributed by atoms with Crippen LogP contribution in [-0.4, -0.2) is 40.3 Å². The summed E-state index contributed by atoms with van der Waals surface area (Å²) in [6.45, 7) is 2.65. The minimum absolute atomic E-state index is 0.775. The van der Waals surface area contributed by atoms with Crippen LogP contribution in [0, 0.1) is 0 Å². The van der Waals surface area contributed by atoms with Gasteiger partial charge in [-0.2, -0.15) is 0 Å². The number of hydrogen-bond acceptors (Lipinski definition) is 4. The molecule has 0 amide bonds. The molecule has 80 valence electrons. The van der Waals surface area contributed by atoms with Gasteiger partial charge in [-0.25, -0.2) is 0 Å². The van der Waals surface area contributed by atoms with E-state index in [1.165, 1.54) is 13.8 Å². The second-order valence-electron chi connectivity index (χ2n) is 3.40. The van der Waals surface area contributed by atoms with Crippen LogP contribution in [-0.2, 0) is 9.47 Å². The number of fused-ring (bicyclic) bond motifs is 1. The fourth-order valence-corrected chi connectivity index (χ4v) is 1.45. The molecular weight excluding hydrogens is 208 g/mol. The molecule has 2 rings (SSSR count). The lowest BCUT2D eigenvalue weighted by Crippen LogP contribution is -2.46. The standard InChI is InChI=1S/C9H13ClO4/c1-9(2)13-7-4(10)3-5(11)6(12)8(7)14-9/h3,5-8,11-12H,1-2H3/t5-,6-,7-,8+/m1/s1/i3D,5D,6D,7D,8D. The Morgan fingerprint density at radius 1 is 1.57 bits per heavy atom. The maximum Gasteiger partial charge on any atom is 0.164 e. The van der Waals surface area contributed by atoms with Gasteiger partial charge in [-0.1, -0.05) is 11.6 Å². The van der Waals surface area contributed by atoms with Crippen LogP contribution in [0.3, 0.4) is 0 Å². The SMILES string of the molecule is [2H]C1=C(Cl)[C@@]2([2H])OC(C)(C)O[C@@]2([2H])[C@]([2H])(O)[C@]1([2H])O. The smallest absolute Gasteiger partial charge is 0.164 e. The Bertz CT molecular complexity index is 479. The van der Waals surface area contributed by atoms with Crippen LogP contribution in [0.4, 0.5) is 0 Å². The summed E-state index contributed by atoms with van der Waals surface area (Å²) in [7, 11) is 0. The second kappa shape index (κ2) is 3.18. The van der Waals surface area contributed by atoms with E-state index in [-0.39, 0.29) is 0 Å². The molecule has 0 aromatic heterocycles. The molecule has 2 N–H and O–H groups in total. The third-order valence-corrected chi connectivity index (χ3v) is 2.03. The van der Waals surface area contributed by atoms with E-state index >= 15 is 0 Å². The zero-order valence-corrected chi connectivity index (χ0v) is 8.34. The minimum atomic E-state index is -3.34. The summed E-state index contributed by atoms with van der Waals surface area (Å²) in [5.41, 5.74) is 0. The van der Waals surface area contributed by atoms with Crippen LogP contribution in [0.25, 0.3) is 0 Å². The Labute approximate surface area is 94.1 Å². The lowest BCUT2D eigenvalue weighted by Gasteiger charge is -2.29. The number of rotatable bonds is 0. The Balaban J connectivity index is 2.79. The van der Waals surface area contributed by atoms with Crippen molar-refractivity contribution in [1.82, 2.24) is 0 Å². The number of hydrogen-bond donors (Lipinski definition) is 2. The summed E-state index contributed by atoms with van der Waals surface area (Å²) in [5, 5.41) is 19.0. The van der Waals surface area contributed by atoms with Gasteiger partial charge in [0, 0.05) is 5.03 Å². The van der Waals surface area contributed by atoms with Crippen molar-refractivity contribution in [2.45, 2.75) is 44.0 Å². The molecule has 1 saturated heterocycles. The molecule has 0 aromatic carbocycles. The van der Waals surface area contributed by atoms with Gasteiger partial charge in [0.05, 0.1) is 6.85 Å². The molecule has 4 atom stereocenters. The van der Waals surface area contributed by atoms with Crippen molar-refractivity contribution < 1.29 is 26.5 Å². The van der Waals surface area contributed by atoms with E-state index in [0.717, 1.165) is 0 Å². The van der Waals surface area contributed by atoms with Crippen molar-refractivity contribution in [1.29, 1.82) is 0 Å². The maximum atomic E-state index is 10.0. The fourth-order valence-electron chi connectivity index (χ4n) is 1.23. The highest BCUT2D eigenvalue weighted by molar-refractivity contribution is 6.30. The van der Waals surface area contributed by atoms with Crippen molar-refractivity contribution >= 4 is 11.6 Å². The van der Waals surface area contributed by atoms with E-state index < -0.39 is 41.2 Å². The van der Waals surface area contributed by atoms with E-state index in [1.54, 1.807) is 0 Å². The minimum Gasteiger partial charge on any atom is -0.387 e. The van der Waals surface area contributed by atoms with Gasteiger partial charge in [0.2, 0.25) is 0 Å². The zero-order valence-electron chi connectivity index (χ0n) is 12.6. The Hall–Kier alpha value is -0.130. The van der Waals surface area contributed by atoms with Crippen molar-refractivity contribution in [2.75, 3.05) is 0 Å². The quantitative estimate of drug-likeness (QED) is 0.625. The summed E-state index contributed by atoms with van der Waals surface area (Å²) in [6.07, 6.45) is -12.0. The van der Waals surface area contributed by atoms with Crippen LogP contribution in [0.5, 0.6) is 0 Å². The Kier molecular flexibility index (Phi) is 1.32. The normalized spacial score (nSPS) is 72.8. The molecule has 0 unspecified atom stereocenters. The molecule has 0 bridgehead atoms. The van der Waals surface area contributed by atoms with Crippen molar-refractivity contribution in [3.8, 4) is 0 Å². The largest absolute Gasteiger partial charge is 0.387 e. The Morgan fingerprint density at radius 2 is 2.21 bits per heavy atom. The summed E-state index contributed by atoms with van der Waals surface area (Å²) < 4.78 is 48.9. The Morgan fingerprint density at radius 3 is 2.86 bits per heavy atom. The highest BCUT2D eigenvalue weighted by Gasteiger charge is 2.50. The first-order valence-corrected chi connectivity index (χ1v) is 4.33. The van der Waals surface area contributed by atoms with Gasteiger partial charge in [-0.3, -0.25) is 0 Å². The van der Waals surface area contributed by atoms with Gasteiger partial charge >= 0.3 is 0 Å². The summed E-state index contributed by atoms with van der Waals surface area (Å²) in [4.78, 5) is 0. The van der Waals surface area contributed by atoms with E-state index in [1.807, 2.05) is 0 Å². The zero-order chi connectivity index (χ0) is 15.1. The predicted molar refractivity (Wildman–Crippen MR) is 49.8 cm³/mol. The lowest BCUT2D eigenvalue weighted by atomic mass is 9.96. The van der Waals surface area contributed by atoms with Crippen LogP contribution in [0.1, 0.15) is 20.7 Å². The molecule has 0 aromatic rings. The highest BCUT2D eigenvalue weighted by atomic mass is 35.5. The van der Waals surface area contributed by atoms with E-state index in [9.17, 15) is 10.2 Å². The monoisotopic (exact) mass is 225 g/mol. The van der Waals surface area contributed by atoms with Crippen LogP contribution >= 0.6 is 11.6 Å². The molecule has 1 heterocycles. The molecule has 0 spiro atoms. The van der Waals surface area contributed by atoms with Crippen molar-refractivity contribution in [2.24, 2.45) is 0 Å². The average molecular weight is 226 g/mol.